The number of ether oxygens (including phenoxy) is 1. The summed E-state index contributed by atoms with van der Waals surface area (Å²) in [6, 6.07) is 14.7. The van der Waals surface area contributed by atoms with Crippen molar-refractivity contribution < 1.29 is 13.9 Å². The number of halogens is 3. The van der Waals surface area contributed by atoms with E-state index in [1.54, 1.807) is 18.2 Å². The number of allylic oxidation sites excluding steroid dienone is 1. The maximum Gasteiger partial charge on any atom is 0.310 e. The maximum atomic E-state index is 13.6. The molecule has 1 saturated carbocycles. The number of fused-ring (bicyclic) bond motifs is 1. The Hall–Kier alpha value is -1.84. The number of esters is 1. The molecule has 2 aliphatic rings. The Labute approximate surface area is 180 Å². The third kappa shape index (κ3) is 4.08. The predicted octanol–water partition coefficient (Wildman–Crippen LogP) is 6.73. The molecule has 0 aromatic heterocycles. The Bertz CT molecular complexity index is 965. The molecule has 0 saturated heterocycles. The summed E-state index contributed by atoms with van der Waals surface area (Å²) in [4.78, 5) is 12.9. The van der Waals surface area contributed by atoms with Crippen LogP contribution in [0.3, 0.4) is 0 Å². The molecule has 0 heterocycles. The highest BCUT2D eigenvalue weighted by Gasteiger charge is 2.62. The van der Waals surface area contributed by atoms with Gasteiger partial charge in [-0.25, -0.2) is 4.39 Å². The molecule has 29 heavy (non-hydrogen) atoms. The number of carbonyl (C=O) groups excluding carboxylic acids is 1. The molecule has 4 atom stereocenters. The molecule has 2 nitrogen and oxygen atoms in total. The Morgan fingerprint density at radius 2 is 1.90 bits per heavy atom. The molecule has 5 heteroatoms. The van der Waals surface area contributed by atoms with Crippen molar-refractivity contribution in [3.63, 3.8) is 0 Å². The van der Waals surface area contributed by atoms with E-state index in [1.807, 2.05) is 38.1 Å². The van der Waals surface area contributed by atoms with Crippen LogP contribution < -0.4 is 0 Å². The fourth-order valence-corrected chi connectivity index (χ4v) is 5.00. The molecule has 2 aromatic carbocycles. The highest BCUT2D eigenvalue weighted by molar-refractivity contribution is 6.55. The van der Waals surface area contributed by atoms with E-state index in [0.717, 1.165) is 11.1 Å². The fourth-order valence-electron chi connectivity index (χ4n) is 4.73. The average Bonchev–Trinajstić information content (AvgIpc) is 3.01. The SMILES string of the molecule is CC1(C)C(C=C(Cl)Cl)C1C(=O)OC1CC(Cc2cccc(F)c2)c2ccccc21. The van der Waals surface area contributed by atoms with Crippen molar-refractivity contribution in [1.82, 2.24) is 0 Å². The van der Waals surface area contributed by atoms with Gasteiger partial charge in [-0.05, 0) is 65.0 Å². The third-order valence-electron chi connectivity index (χ3n) is 6.38. The zero-order chi connectivity index (χ0) is 20.8. The smallest absolute Gasteiger partial charge is 0.310 e. The van der Waals surface area contributed by atoms with Crippen LogP contribution in [0, 0.1) is 23.1 Å². The average molecular weight is 433 g/mol. The first-order valence-corrected chi connectivity index (χ1v) is 10.6. The first-order valence-electron chi connectivity index (χ1n) is 9.84. The van der Waals surface area contributed by atoms with Crippen LogP contribution in [0.4, 0.5) is 4.39 Å². The monoisotopic (exact) mass is 432 g/mol. The first kappa shape index (κ1) is 20.4. The van der Waals surface area contributed by atoms with Crippen LogP contribution >= 0.6 is 23.2 Å². The summed E-state index contributed by atoms with van der Waals surface area (Å²) >= 11 is 11.6. The van der Waals surface area contributed by atoms with Gasteiger partial charge in [-0.1, -0.05) is 73.4 Å². The molecule has 2 aromatic rings. The summed E-state index contributed by atoms with van der Waals surface area (Å²) in [6.45, 7) is 4.04. The standard InChI is InChI=1S/C24H23Cl2FO2/c1-24(2)19(13-21(25)26)22(24)23(28)29-20-12-15(17-8-3-4-9-18(17)20)10-14-6-5-7-16(27)11-14/h3-9,11,13,15,19-20,22H,10,12H2,1-2H3. The molecule has 152 valence electrons. The number of rotatable bonds is 5. The van der Waals surface area contributed by atoms with Gasteiger partial charge in [-0.15, -0.1) is 0 Å². The fraction of sp³-hybridized carbons (Fsp3) is 0.375. The van der Waals surface area contributed by atoms with Crippen molar-refractivity contribution in [1.29, 1.82) is 0 Å². The summed E-state index contributed by atoms with van der Waals surface area (Å²) in [5.41, 5.74) is 2.95. The van der Waals surface area contributed by atoms with Crippen molar-refractivity contribution in [3.8, 4) is 0 Å². The Morgan fingerprint density at radius 1 is 1.17 bits per heavy atom. The van der Waals surface area contributed by atoms with E-state index in [9.17, 15) is 9.18 Å². The van der Waals surface area contributed by atoms with Crippen LogP contribution in [-0.4, -0.2) is 5.97 Å². The van der Waals surface area contributed by atoms with E-state index in [4.69, 9.17) is 27.9 Å². The molecule has 0 aliphatic heterocycles. The van der Waals surface area contributed by atoms with Crippen LogP contribution in [0.2, 0.25) is 0 Å². The van der Waals surface area contributed by atoms with Gasteiger partial charge < -0.3 is 4.74 Å². The largest absolute Gasteiger partial charge is 0.457 e. The molecular weight excluding hydrogens is 410 g/mol. The highest BCUT2D eigenvalue weighted by Crippen LogP contribution is 2.60. The van der Waals surface area contributed by atoms with Gasteiger partial charge in [-0.3, -0.25) is 4.79 Å². The normalized spacial score (nSPS) is 26.5. The van der Waals surface area contributed by atoms with Gasteiger partial charge in [0.15, 0.2) is 0 Å². The molecule has 4 rings (SSSR count). The second-order valence-corrected chi connectivity index (χ2v) is 9.61. The molecular formula is C24H23Cl2FO2. The first-order chi connectivity index (χ1) is 13.8. The Kier molecular flexibility index (Phi) is 5.48. The van der Waals surface area contributed by atoms with Gasteiger partial charge in [-0.2, -0.15) is 0 Å². The van der Waals surface area contributed by atoms with Crippen molar-refractivity contribution >= 4 is 29.2 Å². The van der Waals surface area contributed by atoms with Gasteiger partial charge in [0.2, 0.25) is 0 Å². The molecule has 0 N–H and O–H groups in total. The molecule has 2 aliphatic carbocycles. The van der Waals surface area contributed by atoms with Crippen LogP contribution in [0.1, 0.15) is 49.0 Å². The quantitative estimate of drug-likeness (QED) is 0.489. The van der Waals surface area contributed by atoms with Crippen molar-refractivity contribution in [2.45, 2.75) is 38.7 Å². The van der Waals surface area contributed by atoms with E-state index in [2.05, 4.69) is 6.07 Å². The number of benzene rings is 2. The lowest BCUT2D eigenvalue weighted by Gasteiger charge is -2.15. The molecule has 0 amide bonds. The van der Waals surface area contributed by atoms with Gasteiger partial charge in [0.1, 0.15) is 16.4 Å². The lowest BCUT2D eigenvalue weighted by atomic mass is 9.93. The van der Waals surface area contributed by atoms with E-state index in [0.29, 0.717) is 12.8 Å². The van der Waals surface area contributed by atoms with Crippen LogP contribution in [-0.2, 0) is 16.0 Å². The van der Waals surface area contributed by atoms with Crippen LogP contribution in [0.15, 0.2) is 59.1 Å². The second kappa shape index (κ2) is 7.77. The van der Waals surface area contributed by atoms with Crippen molar-refractivity contribution in [2.24, 2.45) is 17.3 Å². The number of hydrogen-bond donors (Lipinski definition) is 0. The molecule has 0 radical (unpaired) electrons. The summed E-state index contributed by atoms with van der Waals surface area (Å²) in [7, 11) is 0. The zero-order valence-corrected chi connectivity index (χ0v) is 17.9. The summed E-state index contributed by atoms with van der Waals surface area (Å²) < 4.78 is 19.7. The molecule has 0 spiro atoms. The number of carbonyl (C=O) groups is 1. The molecule has 4 unspecified atom stereocenters. The summed E-state index contributed by atoms with van der Waals surface area (Å²) in [6.07, 6.45) is 2.85. The lowest BCUT2D eigenvalue weighted by molar-refractivity contribution is -0.152. The van der Waals surface area contributed by atoms with Gasteiger partial charge in [0.05, 0.1) is 5.92 Å². The summed E-state index contributed by atoms with van der Waals surface area (Å²) in [5, 5.41) is 0. The molecule has 1 fully saturated rings. The van der Waals surface area contributed by atoms with Gasteiger partial charge in [0, 0.05) is 0 Å². The minimum absolute atomic E-state index is 0.0141. The van der Waals surface area contributed by atoms with E-state index >= 15 is 0 Å². The second-order valence-electron chi connectivity index (χ2n) is 8.60. The Balaban J connectivity index is 1.51. The minimum Gasteiger partial charge on any atom is -0.457 e. The Morgan fingerprint density at radius 3 is 2.59 bits per heavy atom. The predicted molar refractivity (Wildman–Crippen MR) is 113 cm³/mol. The van der Waals surface area contributed by atoms with E-state index < -0.39 is 0 Å². The number of hydrogen-bond acceptors (Lipinski definition) is 2. The van der Waals surface area contributed by atoms with E-state index in [1.165, 1.54) is 11.6 Å². The maximum absolute atomic E-state index is 13.6. The minimum atomic E-state index is -0.287. The van der Waals surface area contributed by atoms with Crippen LogP contribution in [0.5, 0.6) is 0 Å². The van der Waals surface area contributed by atoms with Crippen molar-refractivity contribution in [3.05, 3.63) is 81.6 Å². The lowest BCUT2D eigenvalue weighted by Crippen LogP contribution is -2.14. The highest BCUT2D eigenvalue weighted by atomic mass is 35.5. The van der Waals surface area contributed by atoms with E-state index in [-0.39, 0.29) is 45.6 Å². The van der Waals surface area contributed by atoms with Crippen molar-refractivity contribution in [2.75, 3.05) is 0 Å². The summed E-state index contributed by atoms with van der Waals surface area (Å²) in [5.74, 6) is -0.517. The van der Waals surface area contributed by atoms with Crippen LogP contribution in [0.25, 0.3) is 0 Å². The molecule has 0 bridgehead atoms. The topological polar surface area (TPSA) is 26.3 Å². The van der Waals surface area contributed by atoms with Gasteiger partial charge >= 0.3 is 5.97 Å². The van der Waals surface area contributed by atoms with Gasteiger partial charge in [0.25, 0.3) is 0 Å². The third-order valence-corrected chi connectivity index (χ3v) is 6.63. The zero-order valence-electron chi connectivity index (χ0n) is 16.4.